The number of hydrogen-bond acceptors (Lipinski definition) is 3. The number of carbonyl (C=O) groups is 1. The van der Waals surface area contributed by atoms with E-state index in [0.717, 1.165) is 18.5 Å². The number of aromatic nitrogens is 2. The Morgan fingerprint density at radius 2 is 2.05 bits per heavy atom. The molecule has 0 spiro atoms. The first-order valence-corrected chi connectivity index (χ1v) is 7.16. The van der Waals surface area contributed by atoms with Crippen LogP contribution >= 0.6 is 0 Å². The van der Waals surface area contributed by atoms with Crippen molar-refractivity contribution in [2.24, 2.45) is 0 Å². The van der Waals surface area contributed by atoms with Crippen LogP contribution in [-0.2, 0) is 0 Å². The second-order valence-corrected chi connectivity index (χ2v) is 5.79. The maximum atomic E-state index is 12.2. The number of anilines is 1. The molecule has 0 saturated heterocycles. The van der Waals surface area contributed by atoms with Crippen LogP contribution in [0.2, 0.25) is 0 Å². The van der Waals surface area contributed by atoms with Crippen LogP contribution in [0.3, 0.4) is 0 Å². The van der Waals surface area contributed by atoms with Gasteiger partial charge in [-0.3, -0.25) is 4.79 Å². The minimum absolute atomic E-state index is 0.165. The summed E-state index contributed by atoms with van der Waals surface area (Å²) in [6, 6.07) is 9.12. The van der Waals surface area contributed by atoms with E-state index in [-0.39, 0.29) is 11.4 Å². The van der Waals surface area contributed by atoms with Gasteiger partial charge in [-0.15, -0.1) is 0 Å². The van der Waals surface area contributed by atoms with Gasteiger partial charge in [0.1, 0.15) is 0 Å². The molecule has 2 aromatic rings. The van der Waals surface area contributed by atoms with E-state index in [4.69, 9.17) is 5.73 Å². The molecule has 112 valence electrons. The molecule has 0 radical (unpaired) electrons. The molecule has 0 aliphatic heterocycles. The van der Waals surface area contributed by atoms with Gasteiger partial charge in [0.05, 0.1) is 11.4 Å². The summed E-state index contributed by atoms with van der Waals surface area (Å²) in [7, 11) is 0. The lowest BCUT2D eigenvalue weighted by Gasteiger charge is -2.25. The molecule has 0 aliphatic carbocycles. The zero-order valence-electron chi connectivity index (χ0n) is 12.8. The summed E-state index contributed by atoms with van der Waals surface area (Å²) >= 11 is 0. The number of para-hydroxylation sites is 2. The predicted octanol–water partition coefficient (Wildman–Crippen LogP) is 2.76. The van der Waals surface area contributed by atoms with Crippen LogP contribution in [0.1, 0.15) is 44.1 Å². The van der Waals surface area contributed by atoms with Gasteiger partial charge < -0.3 is 11.1 Å². The minimum atomic E-state index is -0.235. The van der Waals surface area contributed by atoms with Gasteiger partial charge in [0.15, 0.2) is 5.69 Å². The van der Waals surface area contributed by atoms with E-state index in [1.807, 2.05) is 32.0 Å². The number of hydrogen-bond donors (Lipinski definition) is 2. The smallest absolute Gasteiger partial charge is 0.272 e. The summed E-state index contributed by atoms with van der Waals surface area (Å²) in [5.74, 6) is -0.165. The molecule has 1 aromatic heterocycles. The predicted molar refractivity (Wildman–Crippen MR) is 84.4 cm³/mol. The van der Waals surface area contributed by atoms with Crippen LogP contribution in [0, 0.1) is 0 Å². The normalized spacial score (nSPS) is 11.4. The van der Waals surface area contributed by atoms with Crippen LogP contribution in [-0.4, -0.2) is 21.2 Å². The summed E-state index contributed by atoms with van der Waals surface area (Å²) < 4.78 is 1.62. The highest BCUT2D eigenvalue weighted by atomic mass is 16.2. The van der Waals surface area contributed by atoms with Gasteiger partial charge in [0.2, 0.25) is 0 Å². The number of amides is 1. The van der Waals surface area contributed by atoms with Crippen molar-refractivity contribution in [2.75, 3.05) is 5.73 Å². The SMILES string of the molecule is CCCC(C)(C)NC(=O)c1ccn(-c2ccccc2N)n1. The summed E-state index contributed by atoms with van der Waals surface area (Å²) in [6.45, 7) is 6.13. The Morgan fingerprint density at radius 1 is 1.33 bits per heavy atom. The third kappa shape index (κ3) is 3.62. The fraction of sp³-hybridized carbons (Fsp3) is 0.375. The molecule has 0 atom stereocenters. The van der Waals surface area contributed by atoms with Crippen molar-refractivity contribution in [2.45, 2.75) is 39.2 Å². The first-order valence-electron chi connectivity index (χ1n) is 7.16. The molecule has 1 heterocycles. The quantitative estimate of drug-likeness (QED) is 0.830. The number of nitrogens with one attached hydrogen (secondary N) is 1. The molecule has 1 aromatic carbocycles. The van der Waals surface area contributed by atoms with Crippen molar-refractivity contribution in [1.82, 2.24) is 15.1 Å². The van der Waals surface area contributed by atoms with Crippen LogP contribution in [0.4, 0.5) is 5.69 Å². The molecular formula is C16H22N4O. The molecule has 21 heavy (non-hydrogen) atoms. The number of benzene rings is 1. The van der Waals surface area contributed by atoms with Gasteiger partial charge in [0, 0.05) is 11.7 Å². The molecule has 0 unspecified atom stereocenters. The van der Waals surface area contributed by atoms with Gasteiger partial charge >= 0.3 is 0 Å². The highest BCUT2D eigenvalue weighted by molar-refractivity contribution is 5.92. The van der Waals surface area contributed by atoms with E-state index < -0.39 is 0 Å². The van der Waals surface area contributed by atoms with Crippen LogP contribution < -0.4 is 11.1 Å². The third-order valence-electron chi connectivity index (χ3n) is 3.33. The minimum Gasteiger partial charge on any atom is -0.397 e. The van der Waals surface area contributed by atoms with Gasteiger partial charge in [-0.25, -0.2) is 4.68 Å². The largest absolute Gasteiger partial charge is 0.397 e. The molecule has 0 fully saturated rings. The molecule has 5 heteroatoms. The maximum absolute atomic E-state index is 12.2. The molecule has 0 bridgehead atoms. The van der Waals surface area contributed by atoms with E-state index in [0.29, 0.717) is 11.4 Å². The molecule has 5 nitrogen and oxygen atoms in total. The molecular weight excluding hydrogens is 264 g/mol. The van der Waals surface area contributed by atoms with Crippen LogP contribution in [0.5, 0.6) is 0 Å². The number of carbonyl (C=O) groups excluding carboxylic acids is 1. The fourth-order valence-electron chi connectivity index (χ4n) is 2.33. The van der Waals surface area contributed by atoms with Crippen molar-refractivity contribution in [3.63, 3.8) is 0 Å². The molecule has 0 saturated carbocycles. The van der Waals surface area contributed by atoms with Crippen LogP contribution in [0.25, 0.3) is 5.69 Å². The Labute approximate surface area is 125 Å². The third-order valence-corrected chi connectivity index (χ3v) is 3.33. The van der Waals surface area contributed by atoms with Gasteiger partial charge in [-0.05, 0) is 38.5 Å². The number of nitrogens with zero attached hydrogens (tertiary/aromatic N) is 2. The topological polar surface area (TPSA) is 72.9 Å². The summed E-state index contributed by atoms with van der Waals surface area (Å²) in [5.41, 5.74) is 7.47. The van der Waals surface area contributed by atoms with Crippen molar-refractivity contribution in [3.8, 4) is 5.69 Å². The zero-order chi connectivity index (χ0) is 15.5. The molecule has 1 amide bonds. The zero-order valence-corrected chi connectivity index (χ0v) is 12.8. The molecule has 0 aliphatic rings. The Morgan fingerprint density at radius 3 is 2.71 bits per heavy atom. The van der Waals surface area contributed by atoms with E-state index in [1.54, 1.807) is 23.0 Å². The Kier molecular flexibility index (Phi) is 4.31. The fourth-order valence-corrected chi connectivity index (χ4v) is 2.33. The van der Waals surface area contributed by atoms with Crippen molar-refractivity contribution >= 4 is 11.6 Å². The average molecular weight is 286 g/mol. The number of rotatable bonds is 5. The summed E-state index contributed by atoms with van der Waals surface area (Å²) in [6.07, 6.45) is 3.68. The van der Waals surface area contributed by atoms with Crippen molar-refractivity contribution in [3.05, 3.63) is 42.2 Å². The first-order chi connectivity index (χ1) is 9.93. The standard InChI is InChI=1S/C16H22N4O/c1-4-10-16(2,3)18-15(21)13-9-11-20(19-13)14-8-6-5-7-12(14)17/h5-9,11H,4,10,17H2,1-3H3,(H,18,21). The van der Waals surface area contributed by atoms with Gasteiger partial charge in [-0.1, -0.05) is 25.5 Å². The Bertz CT molecular complexity index is 631. The number of nitrogen functional groups attached to an aromatic ring is 1. The van der Waals surface area contributed by atoms with Gasteiger partial charge in [0.25, 0.3) is 5.91 Å². The Balaban J connectivity index is 2.17. The number of nitrogens with two attached hydrogens (primary N) is 1. The lowest BCUT2D eigenvalue weighted by atomic mass is 9.99. The monoisotopic (exact) mass is 286 g/mol. The first kappa shape index (κ1) is 15.1. The van der Waals surface area contributed by atoms with E-state index in [2.05, 4.69) is 17.3 Å². The highest BCUT2D eigenvalue weighted by Gasteiger charge is 2.21. The van der Waals surface area contributed by atoms with E-state index >= 15 is 0 Å². The highest BCUT2D eigenvalue weighted by Crippen LogP contribution is 2.16. The Hall–Kier alpha value is -2.30. The van der Waals surface area contributed by atoms with E-state index in [1.165, 1.54) is 0 Å². The molecule has 2 rings (SSSR count). The maximum Gasteiger partial charge on any atom is 0.272 e. The van der Waals surface area contributed by atoms with Gasteiger partial charge in [-0.2, -0.15) is 5.10 Å². The van der Waals surface area contributed by atoms with Crippen molar-refractivity contribution in [1.29, 1.82) is 0 Å². The second-order valence-electron chi connectivity index (χ2n) is 5.79. The molecule has 3 N–H and O–H groups in total. The average Bonchev–Trinajstić information content (AvgIpc) is 2.88. The van der Waals surface area contributed by atoms with Crippen molar-refractivity contribution < 1.29 is 4.79 Å². The lowest BCUT2D eigenvalue weighted by Crippen LogP contribution is -2.43. The van der Waals surface area contributed by atoms with Crippen LogP contribution in [0.15, 0.2) is 36.5 Å². The van der Waals surface area contributed by atoms with E-state index in [9.17, 15) is 4.79 Å². The second kappa shape index (κ2) is 5.99. The summed E-state index contributed by atoms with van der Waals surface area (Å²) in [4.78, 5) is 12.2. The summed E-state index contributed by atoms with van der Waals surface area (Å²) in [5, 5.41) is 7.32. The lowest BCUT2D eigenvalue weighted by molar-refractivity contribution is 0.0903.